The monoisotopic (exact) mass is 167 g/mol. The summed E-state index contributed by atoms with van der Waals surface area (Å²) in [6.45, 7) is 4.99. The lowest BCUT2D eigenvalue weighted by Crippen LogP contribution is -2.33. The topological polar surface area (TPSA) is 53.8 Å². The quantitative estimate of drug-likeness (QED) is 0.637. The van der Waals surface area contributed by atoms with Gasteiger partial charge < -0.3 is 16.0 Å². The van der Waals surface area contributed by atoms with Crippen molar-refractivity contribution < 1.29 is 0 Å². The fourth-order valence-corrected chi connectivity index (χ4v) is 1.20. The fraction of sp³-hybridized carbons (Fsp3) is 0.556. The number of hydrogen-bond donors (Lipinski definition) is 3. The minimum absolute atomic E-state index is 0.0691. The van der Waals surface area contributed by atoms with Crippen LogP contribution in [0.15, 0.2) is 18.3 Å². The van der Waals surface area contributed by atoms with E-state index in [0.717, 1.165) is 12.2 Å². The minimum Gasteiger partial charge on any atom is -0.367 e. The molecule has 0 radical (unpaired) electrons. The molecule has 3 nitrogen and oxygen atoms in total. The zero-order valence-corrected chi connectivity index (χ0v) is 7.72. The maximum atomic E-state index is 5.49. The standard InChI is InChI=1S/C9H17N3/c1-9(2,5-6-10)12-8-4-3-7-11-8/h3-4,7,11-12H,5-6,10H2,1-2H3. The van der Waals surface area contributed by atoms with Crippen LogP contribution in [0.2, 0.25) is 0 Å². The number of H-pyrrole nitrogens is 1. The molecule has 0 unspecified atom stereocenters. The summed E-state index contributed by atoms with van der Waals surface area (Å²) in [6.07, 6.45) is 2.87. The van der Waals surface area contributed by atoms with Crippen LogP contribution < -0.4 is 11.1 Å². The van der Waals surface area contributed by atoms with Crippen LogP contribution in [0.4, 0.5) is 5.82 Å². The Hall–Kier alpha value is -0.960. The number of anilines is 1. The van der Waals surface area contributed by atoms with E-state index in [-0.39, 0.29) is 5.54 Å². The van der Waals surface area contributed by atoms with Gasteiger partial charge in [0.05, 0.1) is 0 Å². The summed E-state index contributed by atoms with van der Waals surface area (Å²) in [6, 6.07) is 3.99. The molecule has 1 heterocycles. The van der Waals surface area contributed by atoms with Crippen LogP contribution in [0.3, 0.4) is 0 Å². The number of aromatic amines is 1. The third kappa shape index (κ3) is 2.58. The molecule has 0 saturated heterocycles. The molecule has 4 N–H and O–H groups in total. The Labute approximate surface area is 73.4 Å². The molecule has 12 heavy (non-hydrogen) atoms. The normalized spacial score (nSPS) is 11.6. The van der Waals surface area contributed by atoms with Crippen molar-refractivity contribution in [3.8, 4) is 0 Å². The Morgan fingerprint density at radius 1 is 1.58 bits per heavy atom. The smallest absolute Gasteiger partial charge is 0.103 e. The Balaban J connectivity index is 2.50. The Morgan fingerprint density at radius 2 is 2.33 bits per heavy atom. The second kappa shape index (κ2) is 3.63. The molecular weight excluding hydrogens is 150 g/mol. The lowest BCUT2D eigenvalue weighted by molar-refractivity contribution is 0.525. The summed E-state index contributed by atoms with van der Waals surface area (Å²) in [5.41, 5.74) is 5.56. The lowest BCUT2D eigenvalue weighted by atomic mass is 10.0. The maximum absolute atomic E-state index is 5.49. The second-order valence-electron chi connectivity index (χ2n) is 3.63. The van der Waals surface area contributed by atoms with Crippen molar-refractivity contribution in [1.29, 1.82) is 0 Å². The first-order valence-corrected chi connectivity index (χ1v) is 4.26. The number of nitrogens with one attached hydrogen (secondary N) is 2. The Bertz CT molecular complexity index is 214. The van der Waals surface area contributed by atoms with E-state index in [2.05, 4.69) is 24.1 Å². The molecule has 0 aliphatic carbocycles. The SMILES string of the molecule is CC(C)(CCN)Nc1ccc[nH]1. The molecule has 0 spiro atoms. The molecule has 0 saturated carbocycles. The summed E-state index contributed by atoms with van der Waals surface area (Å²) in [7, 11) is 0. The number of rotatable bonds is 4. The van der Waals surface area contributed by atoms with Crippen molar-refractivity contribution >= 4 is 5.82 Å². The summed E-state index contributed by atoms with van der Waals surface area (Å²) < 4.78 is 0. The number of hydrogen-bond acceptors (Lipinski definition) is 2. The number of aromatic nitrogens is 1. The van der Waals surface area contributed by atoms with Gasteiger partial charge in [0.1, 0.15) is 5.82 Å². The van der Waals surface area contributed by atoms with Gasteiger partial charge >= 0.3 is 0 Å². The highest BCUT2D eigenvalue weighted by Gasteiger charge is 2.15. The maximum Gasteiger partial charge on any atom is 0.103 e. The molecule has 0 fully saturated rings. The van der Waals surface area contributed by atoms with Gasteiger partial charge in [0.2, 0.25) is 0 Å². The summed E-state index contributed by atoms with van der Waals surface area (Å²) in [4.78, 5) is 3.10. The molecule has 1 rings (SSSR count). The highest BCUT2D eigenvalue weighted by Crippen LogP contribution is 2.14. The van der Waals surface area contributed by atoms with Crippen molar-refractivity contribution in [2.45, 2.75) is 25.8 Å². The van der Waals surface area contributed by atoms with E-state index >= 15 is 0 Å². The van der Waals surface area contributed by atoms with Crippen molar-refractivity contribution in [1.82, 2.24) is 4.98 Å². The van der Waals surface area contributed by atoms with E-state index in [1.165, 1.54) is 0 Å². The first-order valence-electron chi connectivity index (χ1n) is 4.26. The van der Waals surface area contributed by atoms with Gasteiger partial charge in [-0.05, 0) is 38.9 Å². The molecule has 0 amide bonds. The molecule has 1 aromatic rings. The third-order valence-electron chi connectivity index (χ3n) is 1.84. The van der Waals surface area contributed by atoms with Gasteiger partial charge in [0.15, 0.2) is 0 Å². The van der Waals surface area contributed by atoms with Crippen molar-refractivity contribution in [3.05, 3.63) is 18.3 Å². The predicted molar refractivity (Wildman–Crippen MR) is 52.2 cm³/mol. The largest absolute Gasteiger partial charge is 0.367 e. The molecule has 68 valence electrons. The molecule has 3 heteroatoms. The van der Waals surface area contributed by atoms with E-state index in [4.69, 9.17) is 5.73 Å². The summed E-state index contributed by atoms with van der Waals surface area (Å²) in [5, 5.41) is 3.36. The predicted octanol–water partition coefficient (Wildman–Crippen LogP) is 1.55. The van der Waals surface area contributed by atoms with Gasteiger partial charge in [-0.1, -0.05) is 0 Å². The van der Waals surface area contributed by atoms with E-state index < -0.39 is 0 Å². The molecular formula is C9H17N3. The minimum atomic E-state index is 0.0691. The van der Waals surface area contributed by atoms with Crippen molar-refractivity contribution in [2.75, 3.05) is 11.9 Å². The van der Waals surface area contributed by atoms with Gasteiger partial charge in [-0.15, -0.1) is 0 Å². The molecule has 0 aromatic carbocycles. The fourth-order valence-electron chi connectivity index (χ4n) is 1.20. The van der Waals surface area contributed by atoms with Crippen LogP contribution in [0.25, 0.3) is 0 Å². The van der Waals surface area contributed by atoms with Crippen LogP contribution in [-0.2, 0) is 0 Å². The van der Waals surface area contributed by atoms with Gasteiger partial charge in [0.25, 0.3) is 0 Å². The van der Waals surface area contributed by atoms with Crippen LogP contribution >= 0.6 is 0 Å². The molecule has 0 atom stereocenters. The van der Waals surface area contributed by atoms with Crippen LogP contribution in [0.5, 0.6) is 0 Å². The average Bonchev–Trinajstić information content (AvgIpc) is 2.38. The van der Waals surface area contributed by atoms with Gasteiger partial charge in [-0.25, -0.2) is 0 Å². The first-order chi connectivity index (χ1) is 5.64. The third-order valence-corrected chi connectivity index (χ3v) is 1.84. The summed E-state index contributed by atoms with van der Waals surface area (Å²) in [5.74, 6) is 1.05. The van der Waals surface area contributed by atoms with E-state index in [1.807, 2.05) is 18.3 Å². The zero-order chi connectivity index (χ0) is 9.03. The van der Waals surface area contributed by atoms with Gasteiger partial charge in [0, 0.05) is 11.7 Å². The zero-order valence-electron chi connectivity index (χ0n) is 7.72. The van der Waals surface area contributed by atoms with Gasteiger partial charge in [-0.3, -0.25) is 0 Å². The van der Waals surface area contributed by atoms with E-state index in [1.54, 1.807) is 0 Å². The molecule has 0 bridgehead atoms. The molecule has 0 aliphatic heterocycles. The number of nitrogens with two attached hydrogens (primary N) is 1. The van der Waals surface area contributed by atoms with Gasteiger partial charge in [-0.2, -0.15) is 0 Å². The van der Waals surface area contributed by atoms with Crippen molar-refractivity contribution in [3.63, 3.8) is 0 Å². The van der Waals surface area contributed by atoms with Crippen molar-refractivity contribution in [2.24, 2.45) is 5.73 Å². The van der Waals surface area contributed by atoms with E-state index in [0.29, 0.717) is 6.54 Å². The highest BCUT2D eigenvalue weighted by atomic mass is 15.0. The van der Waals surface area contributed by atoms with Crippen LogP contribution in [0.1, 0.15) is 20.3 Å². The van der Waals surface area contributed by atoms with Crippen LogP contribution in [-0.4, -0.2) is 17.1 Å². The van der Waals surface area contributed by atoms with Crippen LogP contribution in [0, 0.1) is 0 Å². The summed E-state index contributed by atoms with van der Waals surface area (Å²) >= 11 is 0. The molecule has 1 aromatic heterocycles. The van der Waals surface area contributed by atoms with E-state index in [9.17, 15) is 0 Å². The average molecular weight is 167 g/mol. The first kappa shape index (κ1) is 9.13. The lowest BCUT2D eigenvalue weighted by Gasteiger charge is -2.25. The Kier molecular flexibility index (Phi) is 2.76. The molecule has 0 aliphatic rings. The highest BCUT2D eigenvalue weighted by molar-refractivity contribution is 5.37. The Morgan fingerprint density at radius 3 is 2.83 bits per heavy atom. The second-order valence-corrected chi connectivity index (χ2v) is 3.63.